The van der Waals surface area contributed by atoms with E-state index in [1.165, 1.54) is 6.08 Å². The first-order valence-electron chi connectivity index (χ1n) is 9.21. The van der Waals surface area contributed by atoms with E-state index in [0.717, 1.165) is 11.1 Å². The SMILES string of the molecule is COc1cccc(CNC(=O)COC(=O)/C(C#N)=C/c2ccc(C(C)C)cc2)c1. The van der Waals surface area contributed by atoms with Gasteiger partial charge in [-0.05, 0) is 40.8 Å². The van der Waals surface area contributed by atoms with Crippen LogP contribution < -0.4 is 10.1 Å². The van der Waals surface area contributed by atoms with Gasteiger partial charge in [-0.1, -0.05) is 50.2 Å². The summed E-state index contributed by atoms with van der Waals surface area (Å²) in [6.07, 6.45) is 1.45. The molecule has 2 rings (SSSR count). The molecule has 0 fully saturated rings. The average Bonchev–Trinajstić information content (AvgIpc) is 2.74. The molecule has 1 N–H and O–H groups in total. The van der Waals surface area contributed by atoms with E-state index in [-0.39, 0.29) is 12.1 Å². The van der Waals surface area contributed by atoms with E-state index in [1.54, 1.807) is 19.2 Å². The monoisotopic (exact) mass is 392 g/mol. The topological polar surface area (TPSA) is 88.4 Å². The van der Waals surface area contributed by atoms with Crippen molar-refractivity contribution in [2.45, 2.75) is 26.3 Å². The highest BCUT2D eigenvalue weighted by Gasteiger charge is 2.13. The van der Waals surface area contributed by atoms with Gasteiger partial charge in [0.1, 0.15) is 17.4 Å². The normalized spacial score (nSPS) is 10.9. The number of hydrogen-bond donors (Lipinski definition) is 1. The lowest BCUT2D eigenvalue weighted by molar-refractivity contribution is -0.144. The lowest BCUT2D eigenvalue weighted by atomic mass is 10.0. The minimum atomic E-state index is -0.836. The number of methoxy groups -OCH3 is 1. The fourth-order valence-electron chi connectivity index (χ4n) is 2.52. The summed E-state index contributed by atoms with van der Waals surface area (Å²) >= 11 is 0. The number of hydrogen-bond acceptors (Lipinski definition) is 5. The Kier molecular flexibility index (Phi) is 7.99. The van der Waals surface area contributed by atoms with Gasteiger partial charge in [-0.3, -0.25) is 4.79 Å². The van der Waals surface area contributed by atoms with E-state index >= 15 is 0 Å². The number of amides is 1. The van der Waals surface area contributed by atoms with Crippen LogP contribution in [0, 0.1) is 11.3 Å². The minimum absolute atomic E-state index is 0.164. The Balaban J connectivity index is 1.88. The molecule has 29 heavy (non-hydrogen) atoms. The first kappa shape index (κ1) is 21.7. The van der Waals surface area contributed by atoms with Crippen LogP contribution in [0.5, 0.6) is 5.75 Å². The number of ether oxygens (including phenoxy) is 2. The Bertz CT molecular complexity index is 925. The van der Waals surface area contributed by atoms with Gasteiger partial charge in [-0.15, -0.1) is 0 Å². The van der Waals surface area contributed by atoms with Crippen LogP contribution in [0.4, 0.5) is 0 Å². The summed E-state index contributed by atoms with van der Waals surface area (Å²) in [5.41, 5.74) is 2.57. The van der Waals surface area contributed by atoms with Gasteiger partial charge in [0.2, 0.25) is 0 Å². The summed E-state index contributed by atoms with van der Waals surface area (Å²) in [6.45, 7) is 3.98. The first-order valence-corrected chi connectivity index (χ1v) is 9.21. The van der Waals surface area contributed by atoms with Crippen molar-refractivity contribution in [1.29, 1.82) is 5.26 Å². The Labute approximate surface area is 170 Å². The number of benzene rings is 2. The molecule has 0 unspecified atom stereocenters. The van der Waals surface area contributed by atoms with Crippen LogP contribution in [-0.2, 0) is 20.9 Å². The fourth-order valence-corrected chi connectivity index (χ4v) is 2.52. The summed E-state index contributed by atoms with van der Waals surface area (Å²) in [5.74, 6) is -0.214. The molecule has 2 aromatic rings. The maximum atomic E-state index is 12.1. The predicted octanol–water partition coefficient (Wildman–Crippen LogP) is 3.59. The van der Waals surface area contributed by atoms with Gasteiger partial charge in [0.05, 0.1) is 7.11 Å². The predicted molar refractivity (Wildman–Crippen MR) is 110 cm³/mol. The number of carbonyl (C=O) groups is 2. The molecule has 0 spiro atoms. The molecule has 6 heteroatoms. The third-order valence-electron chi connectivity index (χ3n) is 4.21. The summed E-state index contributed by atoms with van der Waals surface area (Å²) in [5, 5.41) is 11.9. The molecule has 0 aliphatic rings. The van der Waals surface area contributed by atoms with Gasteiger partial charge in [-0.25, -0.2) is 4.79 Å². The summed E-state index contributed by atoms with van der Waals surface area (Å²) in [4.78, 5) is 24.0. The van der Waals surface area contributed by atoms with E-state index in [9.17, 15) is 14.9 Å². The maximum Gasteiger partial charge on any atom is 0.349 e. The van der Waals surface area contributed by atoms with Crippen molar-refractivity contribution < 1.29 is 19.1 Å². The van der Waals surface area contributed by atoms with Gasteiger partial charge in [-0.2, -0.15) is 5.26 Å². The van der Waals surface area contributed by atoms with Crippen molar-refractivity contribution in [2.24, 2.45) is 0 Å². The van der Waals surface area contributed by atoms with Crippen molar-refractivity contribution in [3.8, 4) is 11.8 Å². The molecule has 1 amide bonds. The Morgan fingerprint density at radius 1 is 1.17 bits per heavy atom. The molecule has 0 heterocycles. The van der Waals surface area contributed by atoms with E-state index < -0.39 is 18.5 Å². The molecule has 0 radical (unpaired) electrons. The standard InChI is InChI=1S/C23H24N2O4/c1-16(2)19-9-7-17(8-10-19)11-20(13-24)23(27)29-15-22(26)25-14-18-5-4-6-21(12-18)28-3/h4-12,16H,14-15H2,1-3H3,(H,25,26)/b20-11+. The van der Waals surface area contributed by atoms with Crippen molar-refractivity contribution >= 4 is 18.0 Å². The molecule has 0 saturated heterocycles. The van der Waals surface area contributed by atoms with Crippen molar-refractivity contribution in [3.05, 3.63) is 70.8 Å². The smallest absolute Gasteiger partial charge is 0.349 e. The third-order valence-corrected chi connectivity index (χ3v) is 4.21. The molecule has 0 atom stereocenters. The highest BCUT2D eigenvalue weighted by atomic mass is 16.5. The quantitative estimate of drug-likeness (QED) is 0.421. The number of rotatable bonds is 8. The second-order valence-corrected chi connectivity index (χ2v) is 6.70. The third kappa shape index (κ3) is 6.82. The number of nitrogens with zero attached hydrogens (tertiary/aromatic N) is 1. The zero-order chi connectivity index (χ0) is 21.2. The Morgan fingerprint density at radius 3 is 2.52 bits per heavy atom. The zero-order valence-corrected chi connectivity index (χ0v) is 16.8. The molecule has 0 aliphatic heterocycles. The van der Waals surface area contributed by atoms with Crippen molar-refractivity contribution in [1.82, 2.24) is 5.32 Å². The fraction of sp³-hybridized carbons (Fsp3) is 0.261. The van der Waals surface area contributed by atoms with Crippen molar-refractivity contribution in [2.75, 3.05) is 13.7 Å². The average molecular weight is 392 g/mol. The molecule has 0 bridgehead atoms. The van der Waals surface area contributed by atoms with Gasteiger partial charge in [0.15, 0.2) is 6.61 Å². The second kappa shape index (κ2) is 10.7. The second-order valence-electron chi connectivity index (χ2n) is 6.70. The highest BCUT2D eigenvalue weighted by Crippen LogP contribution is 2.16. The van der Waals surface area contributed by atoms with Crippen LogP contribution >= 0.6 is 0 Å². The molecule has 0 aromatic heterocycles. The summed E-state index contributed by atoms with van der Waals surface area (Å²) in [6, 6.07) is 16.7. The van der Waals surface area contributed by atoms with Gasteiger partial charge in [0, 0.05) is 6.54 Å². The molecular weight excluding hydrogens is 368 g/mol. The van der Waals surface area contributed by atoms with Crippen LogP contribution in [0.1, 0.15) is 36.5 Å². The molecular formula is C23H24N2O4. The van der Waals surface area contributed by atoms with Gasteiger partial charge in [0.25, 0.3) is 5.91 Å². The molecule has 0 aliphatic carbocycles. The zero-order valence-electron chi connectivity index (χ0n) is 16.8. The molecule has 2 aromatic carbocycles. The van der Waals surface area contributed by atoms with Crippen LogP contribution in [0.25, 0.3) is 6.08 Å². The van der Waals surface area contributed by atoms with Crippen LogP contribution in [0.3, 0.4) is 0 Å². The molecule has 6 nitrogen and oxygen atoms in total. The van der Waals surface area contributed by atoms with E-state index in [1.807, 2.05) is 42.5 Å². The van der Waals surface area contributed by atoms with E-state index in [2.05, 4.69) is 19.2 Å². The first-order chi connectivity index (χ1) is 13.9. The van der Waals surface area contributed by atoms with Crippen LogP contribution in [0.15, 0.2) is 54.1 Å². The largest absolute Gasteiger partial charge is 0.497 e. The molecule has 0 saturated carbocycles. The highest BCUT2D eigenvalue weighted by molar-refractivity contribution is 5.98. The summed E-state index contributed by atoms with van der Waals surface area (Å²) in [7, 11) is 1.57. The number of esters is 1. The number of nitriles is 1. The van der Waals surface area contributed by atoms with Crippen LogP contribution in [0.2, 0.25) is 0 Å². The molecule has 150 valence electrons. The number of carbonyl (C=O) groups excluding carboxylic acids is 2. The summed E-state index contributed by atoms with van der Waals surface area (Å²) < 4.78 is 10.1. The lowest BCUT2D eigenvalue weighted by Crippen LogP contribution is -2.28. The van der Waals surface area contributed by atoms with E-state index in [4.69, 9.17) is 9.47 Å². The van der Waals surface area contributed by atoms with Crippen LogP contribution in [-0.4, -0.2) is 25.6 Å². The van der Waals surface area contributed by atoms with E-state index in [0.29, 0.717) is 17.2 Å². The van der Waals surface area contributed by atoms with Gasteiger partial charge >= 0.3 is 5.97 Å². The number of nitrogens with one attached hydrogen (secondary N) is 1. The van der Waals surface area contributed by atoms with Gasteiger partial charge < -0.3 is 14.8 Å². The minimum Gasteiger partial charge on any atom is -0.497 e. The Hall–Kier alpha value is -3.59. The van der Waals surface area contributed by atoms with Crippen molar-refractivity contribution in [3.63, 3.8) is 0 Å². The Morgan fingerprint density at radius 2 is 1.90 bits per heavy atom. The lowest BCUT2D eigenvalue weighted by Gasteiger charge is -2.08. The maximum absolute atomic E-state index is 12.1.